The highest BCUT2D eigenvalue weighted by Gasteiger charge is 2.14. The summed E-state index contributed by atoms with van der Waals surface area (Å²) in [6, 6.07) is 9.04. The molecule has 1 heterocycles. The van der Waals surface area contributed by atoms with Crippen LogP contribution < -0.4 is 11.1 Å². The number of benzene rings is 1. The van der Waals surface area contributed by atoms with Gasteiger partial charge in [0.1, 0.15) is 4.88 Å². The fourth-order valence-corrected chi connectivity index (χ4v) is 2.54. The summed E-state index contributed by atoms with van der Waals surface area (Å²) >= 11 is 7.25. The number of anilines is 1. The van der Waals surface area contributed by atoms with Crippen molar-refractivity contribution in [3.8, 4) is 0 Å². The first-order chi connectivity index (χ1) is 8.58. The molecule has 3 nitrogen and oxygen atoms in total. The van der Waals surface area contributed by atoms with Gasteiger partial charge in [0.15, 0.2) is 0 Å². The van der Waals surface area contributed by atoms with Crippen LogP contribution in [0.4, 0.5) is 5.69 Å². The van der Waals surface area contributed by atoms with Gasteiger partial charge in [0, 0.05) is 5.02 Å². The zero-order valence-corrected chi connectivity index (χ0v) is 11.4. The number of hydrogen-bond donors (Lipinski definition) is 2. The molecule has 1 aromatic heterocycles. The van der Waals surface area contributed by atoms with Gasteiger partial charge in [0.05, 0.1) is 11.7 Å². The lowest BCUT2D eigenvalue weighted by molar-refractivity contribution is 0.0945. The van der Waals surface area contributed by atoms with Crippen molar-refractivity contribution in [2.24, 2.45) is 0 Å². The number of nitrogen functional groups attached to an aromatic ring is 1. The second-order valence-electron chi connectivity index (χ2n) is 3.96. The quantitative estimate of drug-likeness (QED) is 0.904. The van der Waals surface area contributed by atoms with Crippen LogP contribution in [0.15, 0.2) is 35.7 Å². The van der Waals surface area contributed by atoms with Crippen molar-refractivity contribution in [3.63, 3.8) is 0 Å². The number of carbonyl (C=O) groups excluding carboxylic acids is 1. The molecule has 0 bridgehead atoms. The molecule has 2 aromatic rings. The van der Waals surface area contributed by atoms with E-state index in [2.05, 4.69) is 5.32 Å². The minimum absolute atomic E-state index is 0.113. The molecular formula is C13H13ClN2OS. The molecule has 3 N–H and O–H groups in total. The Labute approximate surface area is 115 Å². The molecule has 1 atom stereocenters. The molecule has 94 valence electrons. The lowest BCUT2D eigenvalue weighted by Gasteiger charge is -2.14. The van der Waals surface area contributed by atoms with Crippen molar-refractivity contribution in [2.75, 3.05) is 5.73 Å². The Morgan fingerprint density at radius 3 is 2.83 bits per heavy atom. The third-order valence-electron chi connectivity index (χ3n) is 2.60. The lowest BCUT2D eigenvalue weighted by Crippen LogP contribution is -2.26. The van der Waals surface area contributed by atoms with Crippen molar-refractivity contribution in [3.05, 3.63) is 51.2 Å². The average Bonchev–Trinajstić information content (AvgIpc) is 2.75. The minimum Gasteiger partial charge on any atom is -0.397 e. The second kappa shape index (κ2) is 5.42. The summed E-state index contributed by atoms with van der Waals surface area (Å²) < 4.78 is 0. The van der Waals surface area contributed by atoms with E-state index in [9.17, 15) is 4.79 Å². The van der Waals surface area contributed by atoms with Gasteiger partial charge in [-0.05, 0) is 36.1 Å². The molecular weight excluding hydrogens is 268 g/mol. The Balaban J connectivity index is 2.10. The molecule has 0 aliphatic heterocycles. The molecule has 18 heavy (non-hydrogen) atoms. The Morgan fingerprint density at radius 1 is 1.44 bits per heavy atom. The van der Waals surface area contributed by atoms with Crippen LogP contribution in [0, 0.1) is 0 Å². The minimum atomic E-state index is -0.157. The fourth-order valence-electron chi connectivity index (χ4n) is 1.63. The number of nitrogens with one attached hydrogen (secondary N) is 1. The number of halogens is 1. The second-order valence-corrected chi connectivity index (χ2v) is 5.31. The van der Waals surface area contributed by atoms with E-state index < -0.39 is 0 Å². The van der Waals surface area contributed by atoms with Crippen molar-refractivity contribution >= 4 is 34.5 Å². The molecule has 0 aliphatic carbocycles. The van der Waals surface area contributed by atoms with Gasteiger partial charge in [0.25, 0.3) is 5.91 Å². The van der Waals surface area contributed by atoms with Crippen molar-refractivity contribution in [2.45, 2.75) is 13.0 Å². The summed E-state index contributed by atoms with van der Waals surface area (Å²) in [5.41, 5.74) is 7.18. The summed E-state index contributed by atoms with van der Waals surface area (Å²) in [7, 11) is 0. The molecule has 0 radical (unpaired) electrons. The molecule has 2 rings (SSSR count). The Morgan fingerprint density at radius 2 is 2.22 bits per heavy atom. The van der Waals surface area contributed by atoms with Crippen LogP contribution in [-0.4, -0.2) is 5.91 Å². The molecule has 5 heteroatoms. The summed E-state index contributed by atoms with van der Waals surface area (Å²) in [5, 5.41) is 5.36. The van der Waals surface area contributed by atoms with Gasteiger partial charge in [-0.15, -0.1) is 11.3 Å². The Kier molecular flexibility index (Phi) is 3.89. The van der Waals surface area contributed by atoms with Gasteiger partial charge < -0.3 is 11.1 Å². The summed E-state index contributed by atoms with van der Waals surface area (Å²) in [6.07, 6.45) is 0. The maximum atomic E-state index is 12.0. The van der Waals surface area contributed by atoms with E-state index in [1.807, 2.05) is 25.1 Å². The van der Waals surface area contributed by atoms with Gasteiger partial charge >= 0.3 is 0 Å². The SMILES string of the molecule is CC(NC(=O)c1sccc1N)c1cccc(Cl)c1. The molecule has 1 amide bonds. The summed E-state index contributed by atoms with van der Waals surface area (Å²) in [6.45, 7) is 1.91. The first-order valence-electron chi connectivity index (χ1n) is 5.47. The number of rotatable bonds is 3. The zero-order chi connectivity index (χ0) is 13.1. The summed E-state index contributed by atoms with van der Waals surface area (Å²) in [5.74, 6) is -0.157. The van der Waals surface area contributed by atoms with Crippen LogP contribution in [0.1, 0.15) is 28.2 Å². The summed E-state index contributed by atoms with van der Waals surface area (Å²) in [4.78, 5) is 12.5. The van der Waals surface area contributed by atoms with E-state index in [0.29, 0.717) is 15.6 Å². The standard InChI is InChI=1S/C13H13ClN2OS/c1-8(9-3-2-4-10(14)7-9)16-13(17)12-11(15)5-6-18-12/h2-8H,15H2,1H3,(H,16,17). The van der Waals surface area contributed by atoms with Gasteiger partial charge in [-0.2, -0.15) is 0 Å². The topological polar surface area (TPSA) is 55.1 Å². The zero-order valence-electron chi connectivity index (χ0n) is 9.81. The number of hydrogen-bond acceptors (Lipinski definition) is 3. The Bertz CT molecular complexity index is 568. The third kappa shape index (κ3) is 2.83. The van der Waals surface area contributed by atoms with Gasteiger partial charge in [-0.25, -0.2) is 0 Å². The van der Waals surface area contributed by atoms with E-state index in [0.717, 1.165) is 5.56 Å². The van der Waals surface area contributed by atoms with E-state index in [4.69, 9.17) is 17.3 Å². The maximum Gasteiger partial charge on any atom is 0.263 e. The first-order valence-corrected chi connectivity index (χ1v) is 6.73. The highest BCUT2D eigenvalue weighted by molar-refractivity contribution is 7.12. The van der Waals surface area contributed by atoms with Crippen LogP contribution in [-0.2, 0) is 0 Å². The average molecular weight is 281 g/mol. The van der Waals surface area contributed by atoms with E-state index in [1.165, 1.54) is 11.3 Å². The van der Waals surface area contributed by atoms with Gasteiger partial charge in [-0.3, -0.25) is 4.79 Å². The smallest absolute Gasteiger partial charge is 0.263 e. The third-order valence-corrected chi connectivity index (χ3v) is 3.76. The largest absolute Gasteiger partial charge is 0.397 e. The predicted molar refractivity (Wildman–Crippen MR) is 76.1 cm³/mol. The van der Waals surface area contributed by atoms with Crippen LogP contribution in [0.2, 0.25) is 5.02 Å². The lowest BCUT2D eigenvalue weighted by atomic mass is 10.1. The highest BCUT2D eigenvalue weighted by Crippen LogP contribution is 2.21. The monoisotopic (exact) mass is 280 g/mol. The van der Waals surface area contributed by atoms with Crippen molar-refractivity contribution < 1.29 is 4.79 Å². The molecule has 0 saturated carbocycles. The maximum absolute atomic E-state index is 12.0. The van der Waals surface area contributed by atoms with Gasteiger partial charge in [0.2, 0.25) is 0 Å². The van der Waals surface area contributed by atoms with Crippen LogP contribution >= 0.6 is 22.9 Å². The van der Waals surface area contributed by atoms with E-state index in [1.54, 1.807) is 17.5 Å². The van der Waals surface area contributed by atoms with Crippen molar-refractivity contribution in [1.82, 2.24) is 5.32 Å². The molecule has 0 fully saturated rings. The normalized spacial score (nSPS) is 12.1. The molecule has 1 unspecified atom stereocenters. The van der Waals surface area contributed by atoms with E-state index in [-0.39, 0.29) is 11.9 Å². The molecule has 0 saturated heterocycles. The van der Waals surface area contributed by atoms with Crippen LogP contribution in [0.3, 0.4) is 0 Å². The number of carbonyl (C=O) groups is 1. The van der Waals surface area contributed by atoms with Crippen molar-refractivity contribution in [1.29, 1.82) is 0 Å². The molecule has 0 aliphatic rings. The predicted octanol–water partition coefficient (Wildman–Crippen LogP) is 3.47. The number of thiophene rings is 1. The van der Waals surface area contributed by atoms with Crippen LogP contribution in [0.25, 0.3) is 0 Å². The van der Waals surface area contributed by atoms with Crippen LogP contribution in [0.5, 0.6) is 0 Å². The van der Waals surface area contributed by atoms with Gasteiger partial charge in [-0.1, -0.05) is 23.7 Å². The first kappa shape index (κ1) is 12.9. The highest BCUT2D eigenvalue weighted by atomic mass is 35.5. The number of amides is 1. The molecule has 1 aromatic carbocycles. The molecule has 0 spiro atoms. The van der Waals surface area contributed by atoms with E-state index >= 15 is 0 Å². The Hall–Kier alpha value is -1.52. The number of nitrogens with two attached hydrogens (primary N) is 1. The fraction of sp³-hybridized carbons (Fsp3) is 0.154.